The quantitative estimate of drug-likeness (QED) is 0.821. The lowest BCUT2D eigenvalue weighted by Gasteiger charge is -2.39. The van der Waals surface area contributed by atoms with Gasteiger partial charge in [0.25, 0.3) is 0 Å². The third-order valence-electron chi connectivity index (χ3n) is 4.37. The van der Waals surface area contributed by atoms with Crippen LogP contribution in [0.15, 0.2) is 53.0 Å². The lowest BCUT2D eigenvalue weighted by molar-refractivity contribution is -0.0478. The fourth-order valence-electron chi connectivity index (χ4n) is 3.03. The summed E-state index contributed by atoms with van der Waals surface area (Å²) in [6, 6.07) is 15.2. The number of hydrogen-bond acceptors (Lipinski definition) is 3. The number of halogens is 1. The number of rotatable bonds is 3. The second-order valence-corrected chi connectivity index (χ2v) is 6.82. The van der Waals surface area contributed by atoms with Gasteiger partial charge in [0, 0.05) is 11.0 Å². The fourth-order valence-corrected chi connectivity index (χ4v) is 3.30. The molecule has 1 N–H and O–H groups in total. The van der Waals surface area contributed by atoms with Crippen molar-refractivity contribution in [3.05, 3.63) is 58.6 Å². The van der Waals surface area contributed by atoms with Crippen LogP contribution in [0.1, 0.15) is 18.6 Å². The van der Waals surface area contributed by atoms with Gasteiger partial charge in [0.05, 0.1) is 25.4 Å². The maximum Gasteiger partial charge on any atom is 0.322 e. The summed E-state index contributed by atoms with van der Waals surface area (Å²) in [4.78, 5) is 14.6. The topological polar surface area (TPSA) is 50.8 Å². The van der Waals surface area contributed by atoms with Gasteiger partial charge in [0.1, 0.15) is 11.9 Å². The number of morpholine rings is 1. The van der Waals surface area contributed by atoms with Crippen molar-refractivity contribution in [3.63, 3.8) is 0 Å². The van der Waals surface area contributed by atoms with Crippen molar-refractivity contribution in [2.45, 2.75) is 19.1 Å². The van der Waals surface area contributed by atoms with Crippen LogP contribution >= 0.6 is 15.9 Å². The van der Waals surface area contributed by atoms with Gasteiger partial charge in [-0.2, -0.15) is 0 Å². The second-order valence-electron chi connectivity index (χ2n) is 5.91. The molecule has 0 saturated carbocycles. The minimum Gasteiger partial charge on any atom is -0.495 e. The first kappa shape index (κ1) is 17.8. The van der Waals surface area contributed by atoms with E-state index in [2.05, 4.69) is 21.2 Å². The number of anilines is 1. The van der Waals surface area contributed by atoms with E-state index in [0.717, 1.165) is 10.0 Å². The number of carbonyl (C=O) groups excluding carboxylic acids is 1. The lowest BCUT2D eigenvalue weighted by atomic mass is 10.0. The van der Waals surface area contributed by atoms with E-state index in [9.17, 15) is 4.79 Å². The third kappa shape index (κ3) is 3.96. The Morgan fingerprint density at radius 2 is 1.96 bits per heavy atom. The summed E-state index contributed by atoms with van der Waals surface area (Å²) in [7, 11) is 1.59. The summed E-state index contributed by atoms with van der Waals surface area (Å²) in [6.07, 6.45) is -0.148. The number of methoxy groups -OCH3 is 1. The minimum absolute atomic E-state index is 0.0790. The third-order valence-corrected chi connectivity index (χ3v) is 4.90. The highest BCUT2D eigenvalue weighted by molar-refractivity contribution is 9.10. The van der Waals surface area contributed by atoms with Gasteiger partial charge in [-0.05, 0) is 36.8 Å². The van der Waals surface area contributed by atoms with Crippen LogP contribution in [0.3, 0.4) is 0 Å². The van der Waals surface area contributed by atoms with Gasteiger partial charge in [0.2, 0.25) is 0 Å². The number of urea groups is 1. The van der Waals surface area contributed by atoms with Crippen molar-refractivity contribution in [2.24, 2.45) is 0 Å². The Labute approximate surface area is 156 Å². The van der Waals surface area contributed by atoms with Crippen molar-refractivity contribution in [3.8, 4) is 5.75 Å². The van der Waals surface area contributed by atoms with E-state index >= 15 is 0 Å². The fraction of sp³-hybridized carbons (Fsp3) is 0.316. The monoisotopic (exact) mass is 404 g/mol. The Hall–Kier alpha value is -2.05. The molecular formula is C19H21BrN2O3. The average Bonchev–Trinajstić information content (AvgIpc) is 2.63. The summed E-state index contributed by atoms with van der Waals surface area (Å²) in [6.45, 7) is 3.06. The van der Waals surface area contributed by atoms with Crippen LogP contribution in [0.25, 0.3) is 0 Å². The number of ether oxygens (including phenoxy) is 2. The molecule has 1 heterocycles. The molecule has 2 amide bonds. The summed E-state index contributed by atoms with van der Waals surface area (Å²) < 4.78 is 12.2. The molecule has 0 spiro atoms. The number of hydrogen-bond donors (Lipinski definition) is 1. The predicted molar refractivity (Wildman–Crippen MR) is 101 cm³/mol. The number of benzene rings is 2. The van der Waals surface area contributed by atoms with Crippen LogP contribution in [0, 0.1) is 0 Å². The van der Waals surface area contributed by atoms with Crippen molar-refractivity contribution >= 4 is 27.6 Å². The Kier molecular flexibility index (Phi) is 5.60. The molecule has 2 aromatic rings. The lowest BCUT2D eigenvalue weighted by Crippen LogP contribution is -2.50. The summed E-state index contributed by atoms with van der Waals surface area (Å²) in [5.74, 6) is 0.640. The summed E-state index contributed by atoms with van der Waals surface area (Å²) in [5.41, 5.74) is 1.72. The largest absolute Gasteiger partial charge is 0.495 e. The van der Waals surface area contributed by atoms with Gasteiger partial charge in [-0.1, -0.05) is 40.2 Å². The standard InChI is InChI=1S/C19H21BrN2O3/c1-13-18(14-7-9-15(20)10-8-14)25-12-11-22(13)19(23)21-16-5-3-4-6-17(16)24-2/h3-10,13,18H,11-12H2,1-2H3,(H,21,23)/t13-,18+/m1/s1. The van der Waals surface area contributed by atoms with Gasteiger partial charge in [0.15, 0.2) is 0 Å². The molecule has 1 fully saturated rings. The zero-order valence-electron chi connectivity index (χ0n) is 14.2. The van der Waals surface area contributed by atoms with E-state index in [1.807, 2.05) is 60.4 Å². The highest BCUT2D eigenvalue weighted by Gasteiger charge is 2.33. The van der Waals surface area contributed by atoms with Crippen LogP contribution in [0.2, 0.25) is 0 Å². The van der Waals surface area contributed by atoms with Crippen LogP contribution in [0.4, 0.5) is 10.5 Å². The maximum atomic E-state index is 12.8. The molecule has 1 saturated heterocycles. The van der Waals surface area contributed by atoms with Crippen LogP contribution < -0.4 is 10.1 Å². The Balaban J connectivity index is 1.75. The van der Waals surface area contributed by atoms with E-state index in [0.29, 0.717) is 24.6 Å². The van der Waals surface area contributed by atoms with Gasteiger partial charge in [-0.15, -0.1) is 0 Å². The zero-order valence-corrected chi connectivity index (χ0v) is 15.8. The maximum absolute atomic E-state index is 12.8. The molecule has 3 rings (SSSR count). The molecule has 1 aliphatic rings. The van der Waals surface area contributed by atoms with E-state index in [4.69, 9.17) is 9.47 Å². The molecule has 132 valence electrons. The molecule has 2 atom stereocenters. The molecule has 25 heavy (non-hydrogen) atoms. The van der Waals surface area contributed by atoms with Gasteiger partial charge < -0.3 is 19.7 Å². The first-order valence-corrected chi connectivity index (χ1v) is 8.97. The molecule has 0 aromatic heterocycles. The molecule has 0 radical (unpaired) electrons. The second kappa shape index (κ2) is 7.89. The number of amides is 2. The highest BCUT2D eigenvalue weighted by Crippen LogP contribution is 2.30. The molecule has 2 aromatic carbocycles. The van der Waals surface area contributed by atoms with E-state index in [1.165, 1.54) is 0 Å². The first-order valence-electron chi connectivity index (χ1n) is 8.18. The molecule has 0 aliphatic carbocycles. The van der Waals surface area contributed by atoms with Gasteiger partial charge in [-0.25, -0.2) is 4.79 Å². The molecule has 6 heteroatoms. The van der Waals surface area contributed by atoms with E-state index in [-0.39, 0.29) is 18.2 Å². The summed E-state index contributed by atoms with van der Waals surface area (Å²) in [5, 5.41) is 2.94. The number of carbonyl (C=O) groups is 1. The predicted octanol–water partition coefficient (Wildman–Crippen LogP) is 4.45. The normalized spacial score (nSPS) is 20.2. The zero-order chi connectivity index (χ0) is 17.8. The smallest absolute Gasteiger partial charge is 0.322 e. The molecule has 1 aliphatic heterocycles. The number of nitrogens with zero attached hydrogens (tertiary/aromatic N) is 1. The van der Waals surface area contributed by atoms with Gasteiger partial charge >= 0.3 is 6.03 Å². The van der Waals surface area contributed by atoms with Crippen LogP contribution in [0.5, 0.6) is 5.75 Å². The molecule has 5 nitrogen and oxygen atoms in total. The van der Waals surface area contributed by atoms with E-state index < -0.39 is 0 Å². The first-order chi connectivity index (χ1) is 12.1. The highest BCUT2D eigenvalue weighted by atomic mass is 79.9. The number of nitrogens with one attached hydrogen (secondary N) is 1. The van der Waals surface area contributed by atoms with E-state index in [1.54, 1.807) is 7.11 Å². The molecule has 0 bridgehead atoms. The minimum atomic E-state index is -0.151. The average molecular weight is 405 g/mol. The van der Waals surface area contributed by atoms with Crippen LogP contribution in [-0.4, -0.2) is 37.2 Å². The molecule has 0 unspecified atom stereocenters. The summed E-state index contributed by atoms with van der Waals surface area (Å²) >= 11 is 3.44. The number of para-hydroxylation sites is 2. The van der Waals surface area contributed by atoms with Crippen LogP contribution in [-0.2, 0) is 4.74 Å². The van der Waals surface area contributed by atoms with Crippen molar-refractivity contribution < 1.29 is 14.3 Å². The Bertz CT molecular complexity index is 736. The van der Waals surface area contributed by atoms with Crippen molar-refractivity contribution in [2.75, 3.05) is 25.6 Å². The Morgan fingerprint density at radius 1 is 1.24 bits per heavy atom. The van der Waals surface area contributed by atoms with Crippen molar-refractivity contribution in [1.29, 1.82) is 0 Å². The molecular weight excluding hydrogens is 384 g/mol. The van der Waals surface area contributed by atoms with Gasteiger partial charge in [-0.3, -0.25) is 0 Å². The SMILES string of the molecule is COc1ccccc1NC(=O)N1CCO[C@H](c2ccc(Br)cc2)[C@H]1C. The van der Waals surface area contributed by atoms with Crippen molar-refractivity contribution in [1.82, 2.24) is 4.90 Å². The Morgan fingerprint density at radius 3 is 2.68 bits per heavy atom.